The second kappa shape index (κ2) is 8.04. The van der Waals surface area contributed by atoms with Crippen LogP contribution >= 0.6 is 0 Å². The van der Waals surface area contributed by atoms with Gasteiger partial charge in [0.2, 0.25) is 5.91 Å². The fraction of sp³-hybridized carbons (Fsp3) is 0.100. The molecule has 120 valence electrons. The number of anilines is 2. The molecule has 0 unspecified atom stereocenters. The van der Waals surface area contributed by atoms with Crippen molar-refractivity contribution in [3.8, 4) is 0 Å². The van der Waals surface area contributed by atoms with Gasteiger partial charge in [-0.2, -0.15) is 0 Å². The van der Waals surface area contributed by atoms with E-state index >= 15 is 0 Å². The van der Waals surface area contributed by atoms with Crippen molar-refractivity contribution in [3.63, 3.8) is 0 Å². The molecule has 0 spiro atoms. The maximum absolute atomic E-state index is 12.8. The summed E-state index contributed by atoms with van der Waals surface area (Å²) in [4.78, 5) is 18.8. The molecule has 2 aromatic carbocycles. The number of hydrogen-bond acceptors (Lipinski definition) is 3. The van der Waals surface area contributed by atoms with Crippen LogP contribution in [0.3, 0.4) is 0 Å². The van der Waals surface area contributed by atoms with Gasteiger partial charge < -0.3 is 5.32 Å². The molecule has 0 aliphatic heterocycles. The monoisotopic (exact) mass is 317 g/mol. The summed E-state index contributed by atoms with van der Waals surface area (Å²) < 4.78 is 0. The highest BCUT2D eigenvalue weighted by Gasteiger charge is 2.17. The molecule has 1 amide bonds. The first-order valence-corrected chi connectivity index (χ1v) is 7.88. The van der Waals surface area contributed by atoms with E-state index in [0.29, 0.717) is 6.54 Å². The van der Waals surface area contributed by atoms with Gasteiger partial charge in [0.1, 0.15) is 0 Å². The van der Waals surface area contributed by atoms with Crippen molar-refractivity contribution in [1.29, 1.82) is 0 Å². The fourth-order valence-corrected chi connectivity index (χ4v) is 2.47. The molecule has 3 rings (SSSR count). The van der Waals surface area contributed by atoms with Gasteiger partial charge in [0.25, 0.3) is 0 Å². The Bertz CT molecular complexity index is 721. The van der Waals surface area contributed by atoms with Crippen LogP contribution in [-0.2, 0) is 11.3 Å². The predicted molar refractivity (Wildman–Crippen MR) is 96.0 cm³/mol. The van der Waals surface area contributed by atoms with Gasteiger partial charge in [-0.05, 0) is 36.4 Å². The molecule has 0 bridgehead atoms. The fourth-order valence-electron chi connectivity index (χ4n) is 2.47. The number of carbonyl (C=O) groups is 1. The number of pyridine rings is 1. The topological polar surface area (TPSA) is 45.2 Å². The van der Waals surface area contributed by atoms with E-state index in [4.69, 9.17) is 0 Å². The number of aromatic nitrogens is 1. The van der Waals surface area contributed by atoms with Gasteiger partial charge in [0.15, 0.2) is 0 Å². The third kappa shape index (κ3) is 4.06. The minimum atomic E-state index is -0.0108. The smallest absolute Gasteiger partial charge is 0.245 e. The summed E-state index contributed by atoms with van der Waals surface area (Å²) in [5.74, 6) is -0.0108. The number of hydrogen-bond donors (Lipinski definition) is 1. The molecule has 0 aliphatic carbocycles. The summed E-state index contributed by atoms with van der Waals surface area (Å²) >= 11 is 0. The minimum Gasteiger partial charge on any atom is -0.303 e. The van der Waals surface area contributed by atoms with E-state index in [2.05, 4.69) is 10.3 Å². The molecule has 0 saturated heterocycles. The molecular formula is C20H19N3O. The Kier molecular flexibility index (Phi) is 5.32. The van der Waals surface area contributed by atoms with Crippen LogP contribution < -0.4 is 10.2 Å². The highest BCUT2D eigenvalue weighted by Crippen LogP contribution is 2.24. The highest BCUT2D eigenvalue weighted by atomic mass is 16.2. The standard InChI is InChI=1S/C20H19N3O/c24-20(16-21-15-17-9-7-8-14-22-17)23(18-10-3-1-4-11-18)19-12-5-2-6-13-19/h1-14,21H,15-16H2. The number of para-hydroxylation sites is 2. The molecule has 1 heterocycles. The summed E-state index contributed by atoms with van der Waals surface area (Å²) in [6, 6.07) is 25.1. The summed E-state index contributed by atoms with van der Waals surface area (Å²) in [6.45, 7) is 0.796. The van der Waals surface area contributed by atoms with E-state index in [0.717, 1.165) is 17.1 Å². The number of carbonyl (C=O) groups excluding carboxylic acids is 1. The Hall–Kier alpha value is -2.98. The Balaban J connectivity index is 1.72. The number of benzene rings is 2. The zero-order chi connectivity index (χ0) is 16.6. The molecule has 0 fully saturated rings. The molecule has 4 heteroatoms. The summed E-state index contributed by atoms with van der Waals surface area (Å²) in [6.07, 6.45) is 1.75. The molecule has 4 nitrogen and oxygen atoms in total. The molecule has 0 saturated carbocycles. The minimum absolute atomic E-state index is 0.0108. The maximum atomic E-state index is 12.8. The summed E-state index contributed by atoms with van der Waals surface area (Å²) in [5.41, 5.74) is 2.62. The normalized spacial score (nSPS) is 10.3. The van der Waals surface area contributed by atoms with Crippen molar-refractivity contribution in [3.05, 3.63) is 90.8 Å². The molecule has 0 radical (unpaired) electrons. The lowest BCUT2D eigenvalue weighted by atomic mass is 10.2. The molecule has 0 atom stereocenters. The van der Waals surface area contributed by atoms with E-state index in [-0.39, 0.29) is 12.5 Å². The van der Waals surface area contributed by atoms with Crippen LogP contribution in [0.5, 0.6) is 0 Å². The molecule has 1 N–H and O–H groups in total. The van der Waals surface area contributed by atoms with E-state index in [1.807, 2.05) is 78.9 Å². The van der Waals surface area contributed by atoms with Crippen LogP contribution in [0.15, 0.2) is 85.1 Å². The largest absolute Gasteiger partial charge is 0.303 e. The lowest BCUT2D eigenvalue weighted by molar-refractivity contribution is -0.117. The second-order valence-corrected chi connectivity index (χ2v) is 5.32. The van der Waals surface area contributed by atoms with E-state index in [1.165, 1.54) is 0 Å². The second-order valence-electron chi connectivity index (χ2n) is 5.32. The average molecular weight is 317 g/mol. The third-order valence-corrected chi connectivity index (χ3v) is 3.59. The Labute approximate surface area is 141 Å². The Morgan fingerprint density at radius 1 is 0.833 bits per heavy atom. The van der Waals surface area contributed by atoms with Crippen molar-refractivity contribution in [1.82, 2.24) is 10.3 Å². The van der Waals surface area contributed by atoms with Crippen molar-refractivity contribution in [2.45, 2.75) is 6.54 Å². The quantitative estimate of drug-likeness (QED) is 0.756. The highest BCUT2D eigenvalue weighted by molar-refractivity contribution is 6.01. The van der Waals surface area contributed by atoms with Crippen molar-refractivity contribution in [2.75, 3.05) is 11.4 Å². The first-order chi connectivity index (χ1) is 11.8. The predicted octanol–water partition coefficient (Wildman–Crippen LogP) is 3.54. The van der Waals surface area contributed by atoms with Crippen LogP contribution in [0.25, 0.3) is 0 Å². The van der Waals surface area contributed by atoms with Crippen LogP contribution in [0.2, 0.25) is 0 Å². The maximum Gasteiger partial charge on any atom is 0.245 e. The van der Waals surface area contributed by atoms with Gasteiger partial charge in [0, 0.05) is 24.1 Å². The first-order valence-electron chi connectivity index (χ1n) is 7.88. The van der Waals surface area contributed by atoms with Crippen LogP contribution in [0, 0.1) is 0 Å². The number of nitrogens with zero attached hydrogens (tertiary/aromatic N) is 2. The van der Waals surface area contributed by atoms with Crippen LogP contribution in [0.1, 0.15) is 5.69 Å². The molecular weight excluding hydrogens is 298 g/mol. The van der Waals surface area contributed by atoms with Crippen molar-refractivity contribution in [2.24, 2.45) is 0 Å². The number of amides is 1. The molecule has 3 aromatic rings. The lowest BCUT2D eigenvalue weighted by Gasteiger charge is -2.23. The zero-order valence-electron chi connectivity index (χ0n) is 13.3. The summed E-state index contributed by atoms with van der Waals surface area (Å²) in [7, 11) is 0. The number of rotatable bonds is 6. The SMILES string of the molecule is O=C(CNCc1ccccn1)N(c1ccccc1)c1ccccc1. The average Bonchev–Trinajstić information content (AvgIpc) is 2.65. The van der Waals surface area contributed by atoms with E-state index < -0.39 is 0 Å². The van der Waals surface area contributed by atoms with Gasteiger partial charge in [-0.3, -0.25) is 14.7 Å². The third-order valence-electron chi connectivity index (χ3n) is 3.59. The van der Waals surface area contributed by atoms with Gasteiger partial charge >= 0.3 is 0 Å². The van der Waals surface area contributed by atoms with Crippen LogP contribution in [-0.4, -0.2) is 17.4 Å². The van der Waals surface area contributed by atoms with Gasteiger partial charge in [-0.15, -0.1) is 0 Å². The number of nitrogens with one attached hydrogen (secondary N) is 1. The van der Waals surface area contributed by atoms with Gasteiger partial charge in [-0.25, -0.2) is 0 Å². The lowest BCUT2D eigenvalue weighted by Crippen LogP contribution is -2.35. The van der Waals surface area contributed by atoms with Crippen molar-refractivity contribution >= 4 is 17.3 Å². The zero-order valence-corrected chi connectivity index (χ0v) is 13.3. The first kappa shape index (κ1) is 15.9. The van der Waals surface area contributed by atoms with Gasteiger partial charge in [0.05, 0.1) is 12.2 Å². The Morgan fingerprint density at radius 2 is 1.42 bits per heavy atom. The van der Waals surface area contributed by atoms with Crippen molar-refractivity contribution < 1.29 is 4.79 Å². The van der Waals surface area contributed by atoms with E-state index in [1.54, 1.807) is 11.1 Å². The molecule has 24 heavy (non-hydrogen) atoms. The summed E-state index contributed by atoms with van der Waals surface area (Å²) in [5, 5.41) is 3.17. The molecule has 1 aromatic heterocycles. The Morgan fingerprint density at radius 3 is 1.96 bits per heavy atom. The van der Waals surface area contributed by atoms with Crippen LogP contribution in [0.4, 0.5) is 11.4 Å². The van der Waals surface area contributed by atoms with Gasteiger partial charge in [-0.1, -0.05) is 42.5 Å². The van der Waals surface area contributed by atoms with E-state index in [9.17, 15) is 4.79 Å². The molecule has 0 aliphatic rings.